The molecule has 0 atom stereocenters. The number of fused-ring (bicyclic) bond motifs is 1. The Hall–Kier alpha value is -1.42. The third-order valence-corrected chi connectivity index (χ3v) is 4.87. The Morgan fingerprint density at radius 2 is 1.81 bits per heavy atom. The molecule has 3 nitrogen and oxygen atoms in total. The fourth-order valence-electron chi connectivity index (χ4n) is 2.96. The molecular formula is C17H20BrN3. The van der Waals surface area contributed by atoms with Crippen molar-refractivity contribution in [3.8, 4) is 0 Å². The first-order valence-electron chi connectivity index (χ1n) is 7.59. The topological polar surface area (TPSA) is 37.8 Å². The van der Waals surface area contributed by atoms with Crippen LogP contribution in [0.4, 0.5) is 5.82 Å². The summed E-state index contributed by atoms with van der Waals surface area (Å²) >= 11 is 3.63. The van der Waals surface area contributed by atoms with Gasteiger partial charge in [-0.1, -0.05) is 31.2 Å². The Bertz CT molecular complexity index is 629. The summed E-state index contributed by atoms with van der Waals surface area (Å²) in [5.74, 6) is 2.30. The molecule has 0 unspecified atom stereocenters. The Morgan fingerprint density at radius 3 is 2.38 bits per heavy atom. The van der Waals surface area contributed by atoms with Crippen molar-refractivity contribution in [1.29, 1.82) is 0 Å². The molecule has 1 aliphatic rings. The van der Waals surface area contributed by atoms with Gasteiger partial charge in [-0.15, -0.1) is 0 Å². The fourth-order valence-corrected chi connectivity index (χ4v) is 3.55. The zero-order chi connectivity index (χ0) is 14.8. The Labute approximate surface area is 134 Å². The summed E-state index contributed by atoms with van der Waals surface area (Å²) in [5, 5.41) is 3.34. The molecule has 3 rings (SSSR count). The van der Waals surface area contributed by atoms with E-state index in [4.69, 9.17) is 9.97 Å². The quantitative estimate of drug-likeness (QED) is 0.905. The van der Waals surface area contributed by atoms with Crippen molar-refractivity contribution in [2.45, 2.75) is 39.0 Å². The van der Waals surface area contributed by atoms with E-state index in [1.807, 2.05) is 0 Å². The number of anilines is 1. The van der Waals surface area contributed by atoms with Crippen molar-refractivity contribution in [2.24, 2.45) is 0 Å². The summed E-state index contributed by atoms with van der Waals surface area (Å²) in [5.41, 5.74) is 3.97. The first-order chi connectivity index (χ1) is 10.2. The second kappa shape index (κ2) is 6.14. The Kier molecular flexibility index (Phi) is 4.24. The van der Waals surface area contributed by atoms with E-state index >= 15 is 0 Å². The Morgan fingerprint density at radius 1 is 1.14 bits per heavy atom. The van der Waals surface area contributed by atoms with Crippen molar-refractivity contribution in [3.63, 3.8) is 0 Å². The maximum Gasteiger partial charge on any atom is 0.144 e. The van der Waals surface area contributed by atoms with E-state index in [2.05, 4.69) is 59.4 Å². The predicted octanol–water partition coefficient (Wildman–Crippen LogP) is 4.12. The van der Waals surface area contributed by atoms with Crippen LogP contribution in [0.5, 0.6) is 0 Å². The minimum absolute atomic E-state index is 0.401. The second-order valence-electron chi connectivity index (χ2n) is 5.45. The monoisotopic (exact) mass is 345 g/mol. The number of nitrogens with one attached hydrogen (secondary N) is 1. The summed E-state index contributed by atoms with van der Waals surface area (Å²) in [7, 11) is 0. The number of rotatable bonds is 4. The van der Waals surface area contributed by atoms with Crippen LogP contribution in [-0.4, -0.2) is 16.5 Å². The molecule has 110 valence electrons. The lowest BCUT2D eigenvalue weighted by atomic mass is 10.1. The van der Waals surface area contributed by atoms with Crippen LogP contribution in [0, 0.1) is 0 Å². The average molecular weight is 346 g/mol. The minimum atomic E-state index is 0.401. The third-order valence-electron chi connectivity index (χ3n) is 4.03. The SMILES string of the molecule is CCNc1nc(C2Cc3ccccc3C2)nc(CC)c1Br. The molecule has 0 aliphatic heterocycles. The number of halogens is 1. The van der Waals surface area contributed by atoms with Crippen LogP contribution in [0.25, 0.3) is 0 Å². The highest BCUT2D eigenvalue weighted by Crippen LogP contribution is 2.34. The molecule has 0 saturated heterocycles. The van der Waals surface area contributed by atoms with Crippen LogP contribution in [0.2, 0.25) is 0 Å². The summed E-state index contributed by atoms with van der Waals surface area (Å²) < 4.78 is 1.01. The molecule has 1 aromatic heterocycles. The first kappa shape index (κ1) is 14.5. The lowest BCUT2D eigenvalue weighted by Gasteiger charge is -2.14. The zero-order valence-corrected chi connectivity index (χ0v) is 14.1. The van der Waals surface area contributed by atoms with E-state index in [0.29, 0.717) is 5.92 Å². The molecule has 4 heteroatoms. The van der Waals surface area contributed by atoms with Gasteiger partial charge in [0, 0.05) is 12.5 Å². The zero-order valence-electron chi connectivity index (χ0n) is 12.5. The van der Waals surface area contributed by atoms with Gasteiger partial charge >= 0.3 is 0 Å². The standard InChI is InChI=1S/C17H20BrN3/c1-3-14-15(18)17(19-4-2)21-16(20-14)13-9-11-7-5-6-8-12(11)10-13/h5-8,13H,3-4,9-10H2,1-2H3,(H,19,20,21). The molecule has 0 radical (unpaired) electrons. The molecule has 1 aliphatic carbocycles. The van der Waals surface area contributed by atoms with Crippen LogP contribution in [0.15, 0.2) is 28.7 Å². The maximum absolute atomic E-state index is 4.80. The average Bonchev–Trinajstić information content (AvgIpc) is 2.93. The van der Waals surface area contributed by atoms with Gasteiger partial charge in [-0.3, -0.25) is 0 Å². The second-order valence-corrected chi connectivity index (χ2v) is 6.24. The highest BCUT2D eigenvalue weighted by Gasteiger charge is 2.26. The molecule has 21 heavy (non-hydrogen) atoms. The molecule has 1 aromatic carbocycles. The summed E-state index contributed by atoms with van der Waals surface area (Å²) in [6.07, 6.45) is 3.01. The number of benzene rings is 1. The van der Waals surface area contributed by atoms with E-state index in [0.717, 1.165) is 47.6 Å². The normalized spacial score (nSPS) is 14.2. The summed E-state index contributed by atoms with van der Waals surface area (Å²) in [6.45, 7) is 5.09. The van der Waals surface area contributed by atoms with Crippen LogP contribution >= 0.6 is 15.9 Å². The van der Waals surface area contributed by atoms with Crippen molar-refractivity contribution < 1.29 is 0 Å². The van der Waals surface area contributed by atoms with E-state index in [1.165, 1.54) is 11.1 Å². The van der Waals surface area contributed by atoms with Gasteiger partial charge < -0.3 is 5.32 Å². The number of hydrogen-bond donors (Lipinski definition) is 1. The lowest BCUT2D eigenvalue weighted by Crippen LogP contribution is -2.11. The van der Waals surface area contributed by atoms with Crippen molar-refractivity contribution in [2.75, 3.05) is 11.9 Å². The van der Waals surface area contributed by atoms with Gasteiger partial charge in [0.2, 0.25) is 0 Å². The third kappa shape index (κ3) is 2.82. The van der Waals surface area contributed by atoms with E-state index in [9.17, 15) is 0 Å². The molecule has 0 fully saturated rings. The van der Waals surface area contributed by atoms with Crippen LogP contribution in [0.1, 0.15) is 42.4 Å². The molecule has 2 aromatic rings. The number of hydrogen-bond acceptors (Lipinski definition) is 3. The van der Waals surface area contributed by atoms with E-state index in [1.54, 1.807) is 0 Å². The summed E-state index contributed by atoms with van der Waals surface area (Å²) in [4.78, 5) is 9.57. The van der Waals surface area contributed by atoms with Gasteiger partial charge in [0.25, 0.3) is 0 Å². The fraction of sp³-hybridized carbons (Fsp3) is 0.412. The van der Waals surface area contributed by atoms with Gasteiger partial charge in [0.15, 0.2) is 0 Å². The molecule has 0 bridgehead atoms. The summed E-state index contributed by atoms with van der Waals surface area (Å²) in [6, 6.07) is 8.68. The molecule has 0 saturated carbocycles. The molecule has 0 amide bonds. The van der Waals surface area contributed by atoms with Gasteiger partial charge in [0.05, 0.1) is 10.2 Å². The molecule has 1 N–H and O–H groups in total. The van der Waals surface area contributed by atoms with E-state index < -0.39 is 0 Å². The minimum Gasteiger partial charge on any atom is -0.369 e. The maximum atomic E-state index is 4.80. The highest BCUT2D eigenvalue weighted by molar-refractivity contribution is 9.10. The molecule has 0 spiro atoms. The molecule has 1 heterocycles. The van der Waals surface area contributed by atoms with Crippen LogP contribution in [0.3, 0.4) is 0 Å². The number of nitrogens with zero attached hydrogens (tertiary/aromatic N) is 2. The molecular weight excluding hydrogens is 326 g/mol. The van der Waals surface area contributed by atoms with E-state index in [-0.39, 0.29) is 0 Å². The van der Waals surface area contributed by atoms with Crippen molar-refractivity contribution in [1.82, 2.24) is 9.97 Å². The van der Waals surface area contributed by atoms with Gasteiger partial charge in [-0.25, -0.2) is 9.97 Å². The van der Waals surface area contributed by atoms with Gasteiger partial charge in [0.1, 0.15) is 11.6 Å². The Balaban J connectivity index is 1.95. The lowest BCUT2D eigenvalue weighted by molar-refractivity contribution is 0.674. The van der Waals surface area contributed by atoms with Gasteiger partial charge in [-0.2, -0.15) is 0 Å². The van der Waals surface area contributed by atoms with Crippen molar-refractivity contribution >= 4 is 21.7 Å². The van der Waals surface area contributed by atoms with Gasteiger partial charge in [-0.05, 0) is 53.2 Å². The first-order valence-corrected chi connectivity index (χ1v) is 8.39. The van der Waals surface area contributed by atoms with Crippen molar-refractivity contribution in [3.05, 3.63) is 51.4 Å². The predicted molar refractivity (Wildman–Crippen MR) is 89.9 cm³/mol. The highest BCUT2D eigenvalue weighted by atomic mass is 79.9. The number of aromatic nitrogens is 2. The number of aryl methyl sites for hydroxylation is 1. The van der Waals surface area contributed by atoms with Crippen LogP contribution < -0.4 is 5.32 Å². The van der Waals surface area contributed by atoms with Crippen LogP contribution in [-0.2, 0) is 19.3 Å². The smallest absolute Gasteiger partial charge is 0.144 e. The largest absolute Gasteiger partial charge is 0.369 e.